The predicted octanol–water partition coefficient (Wildman–Crippen LogP) is 2.41. The number of nitrogens with zero attached hydrogens (tertiary/aromatic N) is 1. The lowest BCUT2D eigenvalue weighted by Gasteiger charge is -2.26. The highest BCUT2D eigenvalue weighted by atomic mass is 16.4. The van der Waals surface area contributed by atoms with Crippen molar-refractivity contribution in [1.29, 1.82) is 0 Å². The van der Waals surface area contributed by atoms with Gasteiger partial charge in [0, 0.05) is 23.5 Å². The van der Waals surface area contributed by atoms with Crippen LogP contribution < -0.4 is 0 Å². The molecule has 0 spiro atoms. The monoisotopic (exact) mass is 329 g/mol. The zero-order valence-corrected chi connectivity index (χ0v) is 13.3. The van der Waals surface area contributed by atoms with E-state index in [2.05, 4.69) is 4.98 Å². The number of pyridine rings is 1. The number of carboxylic acids is 2. The predicted molar refractivity (Wildman–Crippen MR) is 86.0 cm³/mol. The maximum atomic E-state index is 11.6. The molecule has 3 rings (SSSR count). The van der Waals surface area contributed by atoms with Gasteiger partial charge in [0.25, 0.3) is 0 Å². The standard InChI is InChI=1S/C18H19NO5/c1-18(17(23)24)6-11(4-12(7-18)16(21)22)13-5-14(9-19-8-13)15(20)10-2-3-10/h4-6,8-10,15,20H,2-3,7H2,1H3,(H,21,22)(H,23,24)/t15?,18-/m1/s1. The molecule has 1 saturated carbocycles. The van der Waals surface area contributed by atoms with E-state index in [1.54, 1.807) is 24.5 Å². The van der Waals surface area contributed by atoms with Gasteiger partial charge in [-0.15, -0.1) is 0 Å². The molecule has 24 heavy (non-hydrogen) atoms. The van der Waals surface area contributed by atoms with Crippen molar-refractivity contribution >= 4 is 17.5 Å². The van der Waals surface area contributed by atoms with Crippen molar-refractivity contribution in [3.63, 3.8) is 0 Å². The number of allylic oxidation sites excluding steroid dienone is 2. The van der Waals surface area contributed by atoms with Crippen LogP contribution in [-0.2, 0) is 9.59 Å². The summed E-state index contributed by atoms with van der Waals surface area (Å²) in [6, 6.07) is 1.76. The molecule has 0 amide bonds. The summed E-state index contributed by atoms with van der Waals surface area (Å²) in [6.07, 6.45) is 7.49. The van der Waals surface area contributed by atoms with E-state index < -0.39 is 23.5 Å². The number of aliphatic hydroxyl groups is 1. The van der Waals surface area contributed by atoms with Crippen LogP contribution in [0.4, 0.5) is 0 Å². The van der Waals surface area contributed by atoms with Gasteiger partial charge in [0.1, 0.15) is 0 Å². The van der Waals surface area contributed by atoms with Gasteiger partial charge in [0.15, 0.2) is 0 Å². The Morgan fingerprint density at radius 1 is 1.29 bits per heavy atom. The normalized spacial score (nSPS) is 24.8. The molecule has 0 aliphatic heterocycles. The summed E-state index contributed by atoms with van der Waals surface area (Å²) in [5, 5.41) is 29.0. The zero-order valence-electron chi connectivity index (χ0n) is 13.3. The van der Waals surface area contributed by atoms with Crippen molar-refractivity contribution in [1.82, 2.24) is 4.98 Å². The average molecular weight is 329 g/mol. The van der Waals surface area contributed by atoms with Gasteiger partial charge in [0.2, 0.25) is 0 Å². The highest BCUT2D eigenvalue weighted by molar-refractivity contribution is 5.96. The highest BCUT2D eigenvalue weighted by Gasteiger charge is 2.37. The molecule has 3 N–H and O–H groups in total. The van der Waals surface area contributed by atoms with Crippen LogP contribution in [0.25, 0.3) is 5.57 Å². The van der Waals surface area contributed by atoms with E-state index >= 15 is 0 Å². The quantitative estimate of drug-likeness (QED) is 0.765. The highest BCUT2D eigenvalue weighted by Crippen LogP contribution is 2.42. The van der Waals surface area contributed by atoms with Crippen LogP contribution in [0.5, 0.6) is 0 Å². The van der Waals surface area contributed by atoms with Gasteiger partial charge in [0.05, 0.1) is 11.5 Å². The number of hydrogen-bond donors (Lipinski definition) is 3. The molecule has 2 aliphatic rings. The Balaban J connectivity index is 2.02. The Kier molecular flexibility index (Phi) is 4.01. The fraction of sp³-hybridized carbons (Fsp3) is 0.389. The Morgan fingerprint density at radius 3 is 2.58 bits per heavy atom. The minimum absolute atomic E-state index is 0.0468. The van der Waals surface area contributed by atoms with Crippen molar-refractivity contribution in [3.8, 4) is 0 Å². The van der Waals surface area contributed by atoms with Gasteiger partial charge >= 0.3 is 11.9 Å². The van der Waals surface area contributed by atoms with E-state index in [0.29, 0.717) is 16.7 Å². The van der Waals surface area contributed by atoms with E-state index in [0.717, 1.165) is 12.8 Å². The van der Waals surface area contributed by atoms with Crippen LogP contribution >= 0.6 is 0 Å². The minimum atomic E-state index is -1.29. The molecule has 1 unspecified atom stereocenters. The van der Waals surface area contributed by atoms with Crippen LogP contribution in [-0.4, -0.2) is 32.2 Å². The third-order valence-electron chi connectivity index (χ3n) is 4.63. The first kappa shape index (κ1) is 16.4. The Morgan fingerprint density at radius 2 is 2.00 bits per heavy atom. The van der Waals surface area contributed by atoms with E-state index in [1.807, 2.05) is 0 Å². The van der Waals surface area contributed by atoms with Gasteiger partial charge in [-0.1, -0.05) is 6.08 Å². The van der Waals surface area contributed by atoms with Crippen LogP contribution in [0.1, 0.15) is 43.4 Å². The van der Waals surface area contributed by atoms with E-state index in [1.165, 1.54) is 13.0 Å². The summed E-state index contributed by atoms with van der Waals surface area (Å²) < 4.78 is 0. The molecular weight excluding hydrogens is 310 g/mol. The molecule has 1 aromatic heterocycles. The van der Waals surface area contributed by atoms with Crippen molar-refractivity contribution in [2.24, 2.45) is 11.3 Å². The first-order valence-electron chi connectivity index (χ1n) is 7.84. The number of aliphatic carboxylic acids is 2. The summed E-state index contributed by atoms with van der Waals surface area (Å²) in [7, 11) is 0. The summed E-state index contributed by atoms with van der Waals surface area (Å²) in [5.74, 6) is -1.96. The van der Waals surface area contributed by atoms with E-state index in [9.17, 15) is 24.9 Å². The maximum absolute atomic E-state index is 11.6. The molecule has 126 valence electrons. The van der Waals surface area contributed by atoms with Gasteiger partial charge in [-0.25, -0.2) is 4.79 Å². The summed E-state index contributed by atoms with van der Waals surface area (Å²) in [5.41, 5.74) is 0.538. The third kappa shape index (κ3) is 3.10. The number of aliphatic hydroxyl groups excluding tert-OH is 1. The molecule has 0 bridgehead atoms. The molecule has 1 fully saturated rings. The second kappa shape index (κ2) is 5.87. The van der Waals surface area contributed by atoms with Crippen molar-refractivity contribution in [3.05, 3.63) is 47.3 Å². The van der Waals surface area contributed by atoms with E-state index in [-0.39, 0.29) is 17.9 Å². The lowest BCUT2D eigenvalue weighted by Crippen LogP contribution is -2.29. The lowest BCUT2D eigenvalue weighted by atomic mass is 9.76. The Labute approximate surface area is 139 Å². The smallest absolute Gasteiger partial charge is 0.331 e. The summed E-state index contributed by atoms with van der Waals surface area (Å²) >= 11 is 0. The molecule has 2 aliphatic carbocycles. The van der Waals surface area contributed by atoms with Gasteiger partial charge < -0.3 is 15.3 Å². The molecule has 0 aromatic carbocycles. The van der Waals surface area contributed by atoms with Crippen LogP contribution in [0, 0.1) is 11.3 Å². The molecule has 6 nitrogen and oxygen atoms in total. The Hall–Kier alpha value is -2.47. The third-order valence-corrected chi connectivity index (χ3v) is 4.63. The SMILES string of the molecule is C[C@@]1(C(=O)O)C=C(c2cncc(C(O)C3CC3)c2)C=C(C(=O)O)C1. The number of rotatable bonds is 5. The van der Waals surface area contributed by atoms with Crippen molar-refractivity contribution in [2.75, 3.05) is 0 Å². The molecule has 6 heteroatoms. The second-order valence-corrected chi connectivity index (χ2v) is 6.76. The first-order valence-corrected chi connectivity index (χ1v) is 7.84. The fourth-order valence-electron chi connectivity index (χ4n) is 2.97. The number of carbonyl (C=O) groups is 2. The Bertz CT molecular complexity index is 762. The molecule has 0 saturated heterocycles. The van der Waals surface area contributed by atoms with Crippen molar-refractivity contribution < 1.29 is 24.9 Å². The number of carboxylic acid groups (broad SMARTS) is 2. The van der Waals surface area contributed by atoms with Crippen LogP contribution in [0.2, 0.25) is 0 Å². The summed E-state index contributed by atoms with van der Waals surface area (Å²) in [6.45, 7) is 1.50. The molecule has 1 heterocycles. The lowest BCUT2D eigenvalue weighted by molar-refractivity contribution is -0.145. The maximum Gasteiger partial charge on any atom is 0.331 e. The van der Waals surface area contributed by atoms with E-state index in [4.69, 9.17) is 0 Å². The molecule has 2 atom stereocenters. The summed E-state index contributed by atoms with van der Waals surface area (Å²) in [4.78, 5) is 27.1. The largest absolute Gasteiger partial charge is 0.481 e. The molecular formula is C18H19NO5. The molecule has 0 radical (unpaired) electrons. The van der Waals surface area contributed by atoms with Crippen molar-refractivity contribution in [2.45, 2.75) is 32.3 Å². The van der Waals surface area contributed by atoms with Gasteiger partial charge in [-0.05, 0) is 55.4 Å². The fourth-order valence-corrected chi connectivity index (χ4v) is 2.97. The topological polar surface area (TPSA) is 108 Å². The van der Waals surface area contributed by atoms with Crippen LogP contribution in [0.15, 0.2) is 36.2 Å². The minimum Gasteiger partial charge on any atom is -0.481 e. The zero-order chi connectivity index (χ0) is 17.5. The van der Waals surface area contributed by atoms with Gasteiger partial charge in [-0.2, -0.15) is 0 Å². The van der Waals surface area contributed by atoms with Gasteiger partial charge in [-0.3, -0.25) is 9.78 Å². The molecule has 1 aromatic rings. The first-order chi connectivity index (χ1) is 11.3. The second-order valence-electron chi connectivity index (χ2n) is 6.76. The number of aromatic nitrogens is 1. The van der Waals surface area contributed by atoms with Crippen LogP contribution in [0.3, 0.4) is 0 Å². The number of hydrogen-bond acceptors (Lipinski definition) is 4. The average Bonchev–Trinajstić information content (AvgIpc) is 3.38.